The number of H-pyrrole nitrogens is 1. The van der Waals surface area contributed by atoms with Gasteiger partial charge < -0.3 is 45.4 Å². The summed E-state index contributed by atoms with van der Waals surface area (Å²) in [4.78, 5) is 77.9. The Morgan fingerprint density at radius 3 is 2.46 bits per heavy atom. The number of fused-ring (bicyclic) bond motifs is 2. The fraction of sp³-hybridized carbons (Fsp3) is 0.475. The first-order chi connectivity index (χ1) is 27.4. The van der Waals surface area contributed by atoms with Gasteiger partial charge in [-0.3, -0.25) is 24.0 Å². The van der Waals surface area contributed by atoms with Crippen LogP contribution in [-0.4, -0.2) is 114 Å². The van der Waals surface area contributed by atoms with E-state index in [-0.39, 0.29) is 63.9 Å². The van der Waals surface area contributed by atoms with E-state index in [1.807, 2.05) is 50.2 Å². The van der Waals surface area contributed by atoms with Crippen molar-refractivity contribution in [3.05, 3.63) is 71.4 Å². The Balaban J connectivity index is 1.49. The van der Waals surface area contributed by atoms with Crippen LogP contribution in [0.15, 0.2) is 48.7 Å². The Morgan fingerprint density at radius 1 is 0.947 bits per heavy atom. The van der Waals surface area contributed by atoms with E-state index in [0.717, 1.165) is 22.0 Å². The van der Waals surface area contributed by atoms with Crippen LogP contribution in [0.4, 0.5) is 0 Å². The average Bonchev–Trinajstić information content (AvgIpc) is 3.80. The summed E-state index contributed by atoms with van der Waals surface area (Å²) in [6, 6.07) is 10.2. The Hall–Kier alpha value is -5.97. The zero-order chi connectivity index (χ0) is 41.1. The number of para-hydroxylation sites is 1. The van der Waals surface area contributed by atoms with Crippen LogP contribution >= 0.6 is 0 Å². The highest BCUT2D eigenvalue weighted by atomic mass is 16.5. The first-order valence-corrected chi connectivity index (χ1v) is 19.1. The molecule has 5 N–H and O–H groups in total. The Bertz CT molecular complexity index is 2050. The van der Waals surface area contributed by atoms with E-state index in [1.165, 1.54) is 16.7 Å². The SMILES string of the molecule is CC[C@H](C)[C@@H]1NC(=O)[C@@H](Cc2c[nH]c3ccccc23)NC(=O)CN(C(=O)CCOC)CCNC(=O)Cn2nc(Cc3ccc(OC)c(OC)c3)nc2[C@@H](C)NC1=O. The maximum atomic E-state index is 14.2. The molecule has 0 saturated carbocycles. The first kappa shape index (κ1) is 42.2. The maximum absolute atomic E-state index is 14.2. The minimum absolute atomic E-state index is 0.00568. The molecule has 2 aromatic carbocycles. The summed E-state index contributed by atoms with van der Waals surface area (Å²) in [5, 5.41) is 17.1. The molecule has 0 fully saturated rings. The number of aromatic amines is 1. The zero-order valence-corrected chi connectivity index (χ0v) is 33.3. The standard InChI is InChI=1S/C40H53N9O8/c1-7-24(2)37-40(54)43-25(3)38-45-33(19-26-12-13-31(56-5)32(18-26)57-6)47-49(38)23-34(50)41-15-16-48(36(52)14-17-55-4)22-35(51)44-30(39(53)46-37)20-27-21-42-29-11-9-8-10-28(27)29/h8-13,18,21,24-25,30,37,42H,7,14-17,19-20,22-23H2,1-6H3,(H,41,50)(H,43,54)(H,44,51)(H,46,53)/t24-,25+,30+,37-/m0/s1. The Kier molecular flexibility index (Phi) is 14.6. The van der Waals surface area contributed by atoms with Crippen molar-refractivity contribution in [3.63, 3.8) is 0 Å². The Labute approximate surface area is 331 Å². The molecule has 17 heteroatoms. The smallest absolute Gasteiger partial charge is 0.243 e. The fourth-order valence-corrected chi connectivity index (χ4v) is 6.72. The van der Waals surface area contributed by atoms with Crippen molar-refractivity contribution in [2.45, 2.75) is 71.1 Å². The molecule has 306 valence electrons. The minimum atomic E-state index is -1.11. The molecule has 0 bridgehead atoms. The minimum Gasteiger partial charge on any atom is -0.493 e. The molecule has 0 unspecified atom stereocenters. The third kappa shape index (κ3) is 10.9. The largest absolute Gasteiger partial charge is 0.493 e. The van der Waals surface area contributed by atoms with Crippen LogP contribution in [0.25, 0.3) is 10.9 Å². The highest BCUT2D eigenvalue weighted by Crippen LogP contribution is 2.28. The van der Waals surface area contributed by atoms with Gasteiger partial charge in [0.2, 0.25) is 29.5 Å². The summed E-state index contributed by atoms with van der Waals surface area (Å²) in [7, 11) is 4.57. The van der Waals surface area contributed by atoms with Gasteiger partial charge in [0.25, 0.3) is 0 Å². The molecule has 0 radical (unpaired) electrons. The number of nitrogens with zero attached hydrogens (tertiary/aromatic N) is 4. The predicted molar refractivity (Wildman–Crippen MR) is 210 cm³/mol. The molecule has 5 rings (SSSR count). The van der Waals surface area contributed by atoms with Gasteiger partial charge in [-0.2, -0.15) is 5.10 Å². The van der Waals surface area contributed by atoms with Gasteiger partial charge in [-0.25, -0.2) is 9.67 Å². The summed E-state index contributed by atoms with van der Waals surface area (Å²) >= 11 is 0. The van der Waals surface area contributed by atoms with E-state index >= 15 is 0 Å². The molecule has 4 aromatic rings. The Morgan fingerprint density at radius 2 is 1.72 bits per heavy atom. The average molecular weight is 788 g/mol. The molecule has 0 saturated heterocycles. The zero-order valence-electron chi connectivity index (χ0n) is 33.3. The fourth-order valence-electron chi connectivity index (χ4n) is 6.72. The summed E-state index contributed by atoms with van der Waals surface area (Å²) in [6.45, 7) is 5.04. The van der Waals surface area contributed by atoms with Crippen molar-refractivity contribution >= 4 is 40.4 Å². The summed E-state index contributed by atoms with van der Waals surface area (Å²) in [5.41, 5.74) is 2.47. The van der Waals surface area contributed by atoms with Crippen molar-refractivity contribution < 1.29 is 38.2 Å². The predicted octanol–water partition coefficient (Wildman–Crippen LogP) is 1.80. The van der Waals surface area contributed by atoms with E-state index < -0.39 is 41.8 Å². The second-order valence-electron chi connectivity index (χ2n) is 14.1. The number of carbonyl (C=O) groups is 5. The van der Waals surface area contributed by atoms with E-state index in [9.17, 15) is 24.0 Å². The monoisotopic (exact) mass is 787 g/mol. The van der Waals surface area contributed by atoms with E-state index in [4.69, 9.17) is 19.2 Å². The molecule has 4 atom stereocenters. The number of hydrogen-bond donors (Lipinski definition) is 5. The number of nitrogens with one attached hydrogen (secondary N) is 5. The number of benzene rings is 2. The quantitative estimate of drug-likeness (QED) is 0.149. The molecule has 3 heterocycles. The van der Waals surface area contributed by atoms with Crippen molar-refractivity contribution in [2.75, 3.05) is 47.6 Å². The van der Waals surface area contributed by atoms with E-state index in [0.29, 0.717) is 29.6 Å². The molecule has 5 amide bonds. The summed E-state index contributed by atoms with van der Waals surface area (Å²) in [5.74, 6) is -0.901. The molecule has 57 heavy (non-hydrogen) atoms. The van der Waals surface area contributed by atoms with Gasteiger partial charge >= 0.3 is 0 Å². The number of carbonyl (C=O) groups excluding carboxylic acids is 5. The summed E-state index contributed by atoms with van der Waals surface area (Å²) in [6.07, 6.45) is 2.73. The number of rotatable bonds is 11. The van der Waals surface area contributed by atoms with Crippen LogP contribution in [0.3, 0.4) is 0 Å². The maximum Gasteiger partial charge on any atom is 0.243 e. The van der Waals surface area contributed by atoms with Gasteiger partial charge in [-0.1, -0.05) is 44.5 Å². The van der Waals surface area contributed by atoms with Gasteiger partial charge in [0.1, 0.15) is 24.5 Å². The lowest BCUT2D eigenvalue weighted by Crippen LogP contribution is -2.57. The van der Waals surface area contributed by atoms with Gasteiger partial charge in [-0.05, 0) is 42.2 Å². The van der Waals surface area contributed by atoms with Gasteiger partial charge in [-0.15, -0.1) is 0 Å². The molecular formula is C40H53N9O8. The topological polar surface area (TPSA) is 211 Å². The molecule has 17 nitrogen and oxygen atoms in total. The van der Waals surface area contributed by atoms with Gasteiger partial charge in [0, 0.05) is 50.1 Å². The van der Waals surface area contributed by atoms with Crippen LogP contribution in [0.5, 0.6) is 11.5 Å². The van der Waals surface area contributed by atoms with E-state index in [1.54, 1.807) is 33.4 Å². The van der Waals surface area contributed by atoms with Crippen LogP contribution in [0, 0.1) is 5.92 Å². The van der Waals surface area contributed by atoms with Gasteiger partial charge in [0.15, 0.2) is 17.3 Å². The molecule has 1 aliphatic rings. The second-order valence-corrected chi connectivity index (χ2v) is 14.1. The highest BCUT2D eigenvalue weighted by molar-refractivity contribution is 5.94. The normalized spacial score (nSPS) is 19.3. The number of amides is 5. The first-order valence-electron chi connectivity index (χ1n) is 19.1. The molecule has 2 aromatic heterocycles. The molecule has 0 spiro atoms. The van der Waals surface area contributed by atoms with Crippen molar-refractivity contribution in [1.29, 1.82) is 0 Å². The number of methoxy groups -OCH3 is 3. The van der Waals surface area contributed by atoms with Crippen molar-refractivity contribution in [1.82, 2.24) is 45.9 Å². The van der Waals surface area contributed by atoms with E-state index in [2.05, 4.69) is 31.3 Å². The molecule has 0 aliphatic carbocycles. The van der Waals surface area contributed by atoms with Crippen LogP contribution in [0.1, 0.15) is 62.4 Å². The third-order valence-corrected chi connectivity index (χ3v) is 10.0. The number of ether oxygens (including phenoxy) is 3. The highest BCUT2D eigenvalue weighted by Gasteiger charge is 2.33. The van der Waals surface area contributed by atoms with Crippen LogP contribution < -0.4 is 30.7 Å². The second kappa shape index (κ2) is 19.8. The lowest BCUT2D eigenvalue weighted by molar-refractivity contribution is -0.138. The van der Waals surface area contributed by atoms with Crippen molar-refractivity contribution in [2.24, 2.45) is 5.92 Å². The van der Waals surface area contributed by atoms with Gasteiger partial charge in [0.05, 0.1) is 39.8 Å². The van der Waals surface area contributed by atoms with Crippen LogP contribution in [0.2, 0.25) is 0 Å². The van der Waals surface area contributed by atoms with Crippen molar-refractivity contribution in [3.8, 4) is 11.5 Å². The lowest BCUT2D eigenvalue weighted by atomic mass is 9.96. The van der Waals surface area contributed by atoms with Crippen LogP contribution in [-0.2, 0) is 48.1 Å². The number of hydrogen-bond acceptors (Lipinski definition) is 10. The summed E-state index contributed by atoms with van der Waals surface area (Å²) < 4.78 is 17.4. The molecular weight excluding hydrogens is 734 g/mol. The third-order valence-electron chi connectivity index (χ3n) is 10.0. The number of aromatic nitrogens is 4. The molecule has 1 aliphatic heterocycles. The lowest BCUT2D eigenvalue weighted by Gasteiger charge is -2.28.